The molecule has 6 nitrogen and oxygen atoms in total. The quantitative estimate of drug-likeness (QED) is 0.851. The van der Waals surface area contributed by atoms with Crippen LogP contribution in [0.2, 0.25) is 0 Å². The van der Waals surface area contributed by atoms with Crippen LogP contribution in [0.1, 0.15) is 35.4 Å². The molecule has 136 valence electrons. The van der Waals surface area contributed by atoms with Gasteiger partial charge in [0.2, 0.25) is 5.91 Å². The number of amides is 1. The Hall–Kier alpha value is -2.08. The summed E-state index contributed by atoms with van der Waals surface area (Å²) in [7, 11) is 0. The van der Waals surface area contributed by atoms with Crippen LogP contribution in [0.5, 0.6) is 5.75 Å². The van der Waals surface area contributed by atoms with Crippen LogP contribution in [0, 0.1) is 25.7 Å². The van der Waals surface area contributed by atoms with Crippen LogP contribution in [0.25, 0.3) is 0 Å². The van der Waals surface area contributed by atoms with Crippen LogP contribution in [-0.4, -0.2) is 43.3 Å². The fourth-order valence-electron chi connectivity index (χ4n) is 3.60. The van der Waals surface area contributed by atoms with Gasteiger partial charge < -0.3 is 19.9 Å². The molecule has 1 saturated heterocycles. The van der Waals surface area contributed by atoms with E-state index in [9.17, 15) is 14.7 Å². The maximum absolute atomic E-state index is 12.6. The number of nitrogens with one attached hydrogen (secondary N) is 1. The minimum Gasteiger partial charge on any atom is -0.492 e. The molecule has 6 heteroatoms. The molecule has 1 aromatic rings. The van der Waals surface area contributed by atoms with Crippen molar-refractivity contribution in [3.05, 3.63) is 28.8 Å². The van der Waals surface area contributed by atoms with Gasteiger partial charge in [-0.3, -0.25) is 9.59 Å². The number of benzene rings is 1. The summed E-state index contributed by atoms with van der Waals surface area (Å²) in [6, 6.07) is 3.95. The first kappa shape index (κ1) is 17.7. The van der Waals surface area contributed by atoms with E-state index >= 15 is 0 Å². The molecule has 0 bridgehead atoms. The van der Waals surface area contributed by atoms with Crippen molar-refractivity contribution in [3.63, 3.8) is 0 Å². The molecule has 2 aliphatic rings. The SMILES string of the molecule is Cc1cc2c(cc1C)C(C(=O)NCC(C(=O)O)C1CCOCC1)CO2. The summed E-state index contributed by atoms with van der Waals surface area (Å²) in [4.78, 5) is 24.2. The zero-order chi connectivity index (χ0) is 18.0. The van der Waals surface area contributed by atoms with E-state index in [4.69, 9.17) is 9.47 Å². The Morgan fingerprint density at radius 2 is 1.92 bits per heavy atom. The number of ether oxygens (including phenoxy) is 2. The standard InChI is InChI=1S/C19H25NO5/c1-11-7-14-16(10-25-17(14)8-12(11)2)18(21)20-9-15(19(22)23)13-3-5-24-6-4-13/h7-8,13,15-16H,3-6,9-10H2,1-2H3,(H,20,21)(H,22,23). The molecule has 2 N–H and O–H groups in total. The summed E-state index contributed by atoms with van der Waals surface area (Å²) in [5, 5.41) is 12.3. The number of hydrogen-bond donors (Lipinski definition) is 2. The number of carbonyl (C=O) groups excluding carboxylic acids is 1. The molecule has 2 atom stereocenters. The van der Waals surface area contributed by atoms with Crippen molar-refractivity contribution in [1.82, 2.24) is 5.32 Å². The van der Waals surface area contributed by atoms with Gasteiger partial charge in [-0.1, -0.05) is 6.07 Å². The number of carboxylic acid groups (broad SMARTS) is 1. The van der Waals surface area contributed by atoms with Crippen LogP contribution in [-0.2, 0) is 14.3 Å². The smallest absolute Gasteiger partial charge is 0.308 e. The molecule has 2 heterocycles. The highest BCUT2D eigenvalue weighted by molar-refractivity contribution is 5.86. The number of hydrogen-bond acceptors (Lipinski definition) is 4. The Balaban J connectivity index is 1.65. The van der Waals surface area contributed by atoms with E-state index in [2.05, 4.69) is 5.32 Å². The topological polar surface area (TPSA) is 84.9 Å². The highest BCUT2D eigenvalue weighted by Gasteiger charge is 2.34. The molecule has 2 aliphatic heterocycles. The monoisotopic (exact) mass is 347 g/mol. The zero-order valence-corrected chi connectivity index (χ0v) is 14.7. The van der Waals surface area contributed by atoms with E-state index in [-0.39, 0.29) is 24.3 Å². The average molecular weight is 347 g/mol. The number of rotatable bonds is 5. The van der Waals surface area contributed by atoms with Crippen LogP contribution in [0.4, 0.5) is 0 Å². The first-order valence-electron chi connectivity index (χ1n) is 8.79. The van der Waals surface area contributed by atoms with Crippen LogP contribution in [0.15, 0.2) is 12.1 Å². The van der Waals surface area contributed by atoms with E-state index in [1.807, 2.05) is 26.0 Å². The Kier molecular flexibility index (Phi) is 5.27. The molecule has 1 amide bonds. The summed E-state index contributed by atoms with van der Waals surface area (Å²) in [6.45, 7) is 5.65. The molecule has 0 aliphatic carbocycles. The van der Waals surface area contributed by atoms with Gasteiger partial charge in [0.05, 0.1) is 5.92 Å². The summed E-state index contributed by atoms with van der Waals surface area (Å²) in [5.74, 6) is -1.18. The minimum absolute atomic E-state index is 0.0450. The second kappa shape index (κ2) is 7.44. The number of carbonyl (C=O) groups is 2. The van der Waals surface area contributed by atoms with Gasteiger partial charge >= 0.3 is 5.97 Å². The van der Waals surface area contributed by atoms with Gasteiger partial charge in [-0.05, 0) is 49.8 Å². The van der Waals surface area contributed by atoms with Crippen molar-refractivity contribution in [3.8, 4) is 5.75 Å². The van der Waals surface area contributed by atoms with Crippen LogP contribution >= 0.6 is 0 Å². The lowest BCUT2D eigenvalue weighted by Crippen LogP contribution is -2.40. The number of carboxylic acids is 1. The van der Waals surface area contributed by atoms with Crippen LogP contribution in [0.3, 0.4) is 0 Å². The summed E-state index contributed by atoms with van der Waals surface area (Å²) in [5.41, 5.74) is 3.14. The highest BCUT2D eigenvalue weighted by atomic mass is 16.5. The number of aryl methyl sites for hydroxylation is 2. The van der Waals surface area contributed by atoms with E-state index in [1.165, 1.54) is 0 Å². The average Bonchev–Trinajstić information content (AvgIpc) is 2.98. The van der Waals surface area contributed by atoms with E-state index in [1.54, 1.807) is 0 Å². The Bertz CT molecular complexity index is 666. The fourth-order valence-corrected chi connectivity index (χ4v) is 3.60. The molecule has 2 unspecified atom stereocenters. The Morgan fingerprint density at radius 1 is 1.24 bits per heavy atom. The van der Waals surface area contributed by atoms with Gasteiger partial charge in [0.25, 0.3) is 0 Å². The molecule has 0 spiro atoms. The molecular weight excluding hydrogens is 322 g/mol. The van der Waals surface area contributed by atoms with E-state index in [0.29, 0.717) is 19.8 Å². The maximum Gasteiger partial charge on any atom is 0.308 e. The third-order valence-electron chi connectivity index (χ3n) is 5.37. The summed E-state index contributed by atoms with van der Waals surface area (Å²) >= 11 is 0. The van der Waals surface area contributed by atoms with Gasteiger partial charge in [0.1, 0.15) is 18.3 Å². The van der Waals surface area contributed by atoms with Gasteiger partial charge in [0, 0.05) is 25.3 Å². The lowest BCUT2D eigenvalue weighted by molar-refractivity contribution is -0.145. The maximum atomic E-state index is 12.6. The van der Waals surface area contributed by atoms with Crippen molar-refractivity contribution >= 4 is 11.9 Å². The summed E-state index contributed by atoms with van der Waals surface area (Å²) < 4.78 is 10.9. The fraction of sp³-hybridized carbons (Fsp3) is 0.579. The summed E-state index contributed by atoms with van der Waals surface area (Å²) in [6.07, 6.45) is 1.45. The normalized spacial score (nSPS) is 21.3. The second-order valence-corrected chi connectivity index (χ2v) is 6.98. The van der Waals surface area contributed by atoms with Crippen molar-refractivity contribution < 1.29 is 24.2 Å². The first-order chi connectivity index (χ1) is 12.0. The third-order valence-corrected chi connectivity index (χ3v) is 5.37. The molecular formula is C19H25NO5. The van der Waals surface area contributed by atoms with Gasteiger partial charge in [0.15, 0.2) is 0 Å². The van der Waals surface area contributed by atoms with Crippen LogP contribution < -0.4 is 10.1 Å². The number of fused-ring (bicyclic) bond motifs is 1. The molecule has 0 radical (unpaired) electrons. The van der Waals surface area contributed by atoms with Crippen molar-refractivity contribution in [2.24, 2.45) is 11.8 Å². The van der Waals surface area contributed by atoms with Gasteiger partial charge in [-0.25, -0.2) is 0 Å². The minimum atomic E-state index is -0.859. The molecule has 25 heavy (non-hydrogen) atoms. The molecule has 3 rings (SSSR count). The highest BCUT2D eigenvalue weighted by Crippen LogP contribution is 2.36. The van der Waals surface area contributed by atoms with Crippen molar-refractivity contribution in [2.45, 2.75) is 32.6 Å². The predicted molar refractivity (Wildman–Crippen MR) is 91.8 cm³/mol. The lowest BCUT2D eigenvalue weighted by atomic mass is 9.85. The molecule has 0 aromatic heterocycles. The second-order valence-electron chi connectivity index (χ2n) is 6.98. The zero-order valence-electron chi connectivity index (χ0n) is 14.7. The van der Waals surface area contributed by atoms with Crippen molar-refractivity contribution in [1.29, 1.82) is 0 Å². The molecule has 0 saturated carbocycles. The largest absolute Gasteiger partial charge is 0.492 e. The van der Waals surface area contributed by atoms with E-state index in [0.717, 1.165) is 35.3 Å². The predicted octanol–water partition coefficient (Wildman–Crippen LogP) is 2.02. The first-order valence-corrected chi connectivity index (χ1v) is 8.79. The van der Waals surface area contributed by atoms with Gasteiger partial charge in [-0.2, -0.15) is 0 Å². The number of aliphatic carboxylic acids is 1. The van der Waals surface area contributed by atoms with Crippen molar-refractivity contribution in [2.75, 3.05) is 26.4 Å². The molecule has 1 aromatic carbocycles. The Morgan fingerprint density at radius 3 is 2.60 bits per heavy atom. The van der Waals surface area contributed by atoms with E-state index < -0.39 is 11.9 Å². The molecule has 1 fully saturated rings. The lowest BCUT2D eigenvalue weighted by Gasteiger charge is -2.28. The van der Waals surface area contributed by atoms with Gasteiger partial charge in [-0.15, -0.1) is 0 Å². The Labute approximate surface area is 147 Å². The third kappa shape index (κ3) is 3.79.